The minimum atomic E-state index is -0.432. The fourth-order valence-corrected chi connectivity index (χ4v) is 3.95. The quantitative estimate of drug-likeness (QED) is 0.667. The first kappa shape index (κ1) is 19.5. The van der Waals surface area contributed by atoms with Crippen LogP contribution in [0.2, 0.25) is 0 Å². The maximum Gasteiger partial charge on any atom is 0.167 e. The number of aryl methyl sites for hydroxylation is 1. The molecule has 0 bridgehead atoms. The van der Waals surface area contributed by atoms with Crippen LogP contribution in [0.1, 0.15) is 35.8 Å². The summed E-state index contributed by atoms with van der Waals surface area (Å²) in [6, 6.07) is 14.1. The lowest BCUT2D eigenvalue weighted by Gasteiger charge is -2.34. The lowest BCUT2D eigenvalue weighted by molar-refractivity contribution is 0.302. The monoisotopic (exact) mass is 396 g/mol. The number of hydrogen-bond donors (Lipinski definition) is 2. The third-order valence-electron chi connectivity index (χ3n) is 5.35. The highest BCUT2D eigenvalue weighted by atomic mass is 19.1. The van der Waals surface area contributed by atoms with E-state index < -0.39 is 5.82 Å². The fraction of sp³-hybridized carbons (Fsp3) is 0.381. The van der Waals surface area contributed by atoms with Crippen LogP contribution < -0.4 is 15.4 Å². The number of nitrogens with zero attached hydrogens (tertiary/aromatic N) is 4. The summed E-state index contributed by atoms with van der Waals surface area (Å²) in [6.07, 6.45) is 2.14. The molecule has 0 amide bonds. The number of piperidine rings is 1. The Morgan fingerprint density at radius 1 is 1.28 bits per heavy atom. The van der Waals surface area contributed by atoms with Crippen molar-refractivity contribution in [3.63, 3.8) is 0 Å². The molecule has 0 saturated carbocycles. The molecular weight excluding hydrogens is 371 g/mol. The van der Waals surface area contributed by atoms with Gasteiger partial charge < -0.3 is 15.4 Å². The lowest BCUT2D eigenvalue weighted by atomic mass is 9.92. The second kappa shape index (κ2) is 8.67. The number of hydrogen-bond acceptors (Lipinski definition) is 6. The highest BCUT2D eigenvalue weighted by Crippen LogP contribution is 2.28. The van der Waals surface area contributed by atoms with Gasteiger partial charge in [-0.05, 0) is 48.4 Å². The van der Waals surface area contributed by atoms with Crippen LogP contribution in [0, 0.1) is 12.7 Å². The molecule has 2 N–H and O–H groups in total. The maximum atomic E-state index is 14.7. The highest BCUT2D eigenvalue weighted by Gasteiger charge is 2.26. The molecule has 0 unspecified atom stereocenters. The molecule has 2 aromatic carbocycles. The number of aromatic nitrogens is 4. The minimum absolute atomic E-state index is 0.214. The highest BCUT2D eigenvalue weighted by molar-refractivity contribution is 5.45. The Morgan fingerprint density at radius 2 is 2.10 bits per heavy atom. The molecule has 0 spiro atoms. The number of methoxy groups -OCH3 is 1. The molecular formula is C21H25FN6O. The van der Waals surface area contributed by atoms with Crippen molar-refractivity contribution in [3.8, 4) is 11.4 Å². The standard InChI is InChI=1S/C21H25FN6O/c1-14-25-26-27-28(14)17-11-16(21(29-2)18(22)12-17)13-24-19-9-6-10-23-20(19)15-7-4-3-5-8-15/h3-5,7-8,11-12,19-20,23-24H,6,9-10,13H2,1-2H3/t19-,20-/m0/s1. The SMILES string of the molecule is COc1c(F)cc(-n2nnnc2C)cc1CN[C@H]1CCCN[C@H]1c1ccccc1. The van der Waals surface area contributed by atoms with Crippen molar-refractivity contribution in [2.75, 3.05) is 13.7 Å². The summed E-state index contributed by atoms with van der Waals surface area (Å²) < 4.78 is 21.5. The Balaban J connectivity index is 1.58. The van der Waals surface area contributed by atoms with Gasteiger partial charge in [-0.15, -0.1) is 5.10 Å². The van der Waals surface area contributed by atoms with E-state index in [0.29, 0.717) is 18.1 Å². The number of halogens is 1. The van der Waals surface area contributed by atoms with Gasteiger partial charge in [0.15, 0.2) is 17.4 Å². The maximum absolute atomic E-state index is 14.7. The molecule has 0 radical (unpaired) electrons. The Kier molecular flexibility index (Phi) is 5.82. The van der Waals surface area contributed by atoms with E-state index in [-0.39, 0.29) is 17.8 Å². The fourth-order valence-electron chi connectivity index (χ4n) is 3.95. The second-order valence-electron chi connectivity index (χ2n) is 7.23. The summed E-state index contributed by atoms with van der Waals surface area (Å²) in [6.45, 7) is 3.24. The van der Waals surface area contributed by atoms with E-state index in [2.05, 4.69) is 50.4 Å². The van der Waals surface area contributed by atoms with Crippen LogP contribution in [0.15, 0.2) is 42.5 Å². The largest absolute Gasteiger partial charge is 0.493 e. The van der Waals surface area contributed by atoms with Crippen molar-refractivity contribution in [3.05, 3.63) is 65.2 Å². The van der Waals surface area contributed by atoms with Gasteiger partial charge in [-0.3, -0.25) is 0 Å². The average molecular weight is 396 g/mol. The van der Waals surface area contributed by atoms with E-state index >= 15 is 0 Å². The molecule has 29 heavy (non-hydrogen) atoms. The van der Waals surface area contributed by atoms with Gasteiger partial charge in [-0.25, -0.2) is 4.39 Å². The van der Waals surface area contributed by atoms with Gasteiger partial charge in [-0.1, -0.05) is 30.3 Å². The van der Waals surface area contributed by atoms with Crippen molar-refractivity contribution in [2.45, 2.75) is 38.4 Å². The van der Waals surface area contributed by atoms with Crippen molar-refractivity contribution in [1.82, 2.24) is 30.8 Å². The Bertz CT molecular complexity index is 961. The summed E-state index contributed by atoms with van der Waals surface area (Å²) >= 11 is 0. The van der Waals surface area contributed by atoms with Crippen molar-refractivity contribution in [1.29, 1.82) is 0 Å². The summed E-state index contributed by atoms with van der Waals surface area (Å²) in [5, 5.41) is 18.7. The molecule has 2 heterocycles. The van der Waals surface area contributed by atoms with E-state index in [9.17, 15) is 4.39 Å². The summed E-state index contributed by atoms with van der Waals surface area (Å²) in [5.41, 5.74) is 2.56. The van der Waals surface area contributed by atoms with Gasteiger partial charge in [-0.2, -0.15) is 4.68 Å². The molecule has 3 aromatic rings. The van der Waals surface area contributed by atoms with Crippen LogP contribution in [0.25, 0.3) is 5.69 Å². The van der Waals surface area contributed by atoms with Crippen LogP contribution in [-0.2, 0) is 6.54 Å². The summed E-state index contributed by atoms with van der Waals surface area (Å²) in [7, 11) is 1.48. The van der Waals surface area contributed by atoms with E-state index in [1.807, 2.05) is 12.1 Å². The predicted molar refractivity (Wildman–Crippen MR) is 107 cm³/mol. The van der Waals surface area contributed by atoms with Crippen LogP contribution in [-0.4, -0.2) is 39.9 Å². The molecule has 2 atom stereocenters. The first-order valence-corrected chi connectivity index (χ1v) is 9.81. The van der Waals surface area contributed by atoms with Crippen LogP contribution in [0.4, 0.5) is 4.39 Å². The molecule has 1 aliphatic heterocycles. The lowest BCUT2D eigenvalue weighted by Crippen LogP contribution is -2.45. The van der Waals surface area contributed by atoms with Gasteiger partial charge in [0.1, 0.15) is 0 Å². The molecule has 7 nitrogen and oxygen atoms in total. The first-order valence-electron chi connectivity index (χ1n) is 9.81. The van der Waals surface area contributed by atoms with Gasteiger partial charge in [0.25, 0.3) is 0 Å². The Labute approximate surface area is 169 Å². The minimum Gasteiger partial charge on any atom is -0.493 e. The van der Waals surface area contributed by atoms with Crippen molar-refractivity contribution >= 4 is 0 Å². The molecule has 8 heteroatoms. The topological polar surface area (TPSA) is 76.9 Å². The van der Waals surface area contributed by atoms with Crippen LogP contribution in [0.5, 0.6) is 5.75 Å². The normalized spacial score (nSPS) is 19.3. The zero-order valence-electron chi connectivity index (χ0n) is 16.6. The van der Waals surface area contributed by atoms with Crippen LogP contribution in [0.3, 0.4) is 0 Å². The zero-order valence-corrected chi connectivity index (χ0v) is 16.6. The van der Waals surface area contributed by atoms with Crippen molar-refractivity contribution < 1.29 is 9.13 Å². The third kappa shape index (κ3) is 4.13. The van der Waals surface area contributed by atoms with Gasteiger partial charge in [0.2, 0.25) is 0 Å². The van der Waals surface area contributed by atoms with Gasteiger partial charge in [0.05, 0.1) is 12.8 Å². The van der Waals surface area contributed by atoms with Gasteiger partial charge in [0, 0.05) is 30.3 Å². The zero-order chi connectivity index (χ0) is 20.2. The number of nitrogens with one attached hydrogen (secondary N) is 2. The summed E-state index contributed by atoms with van der Waals surface area (Å²) in [5.74, 6) is 0.402. The number of ether oxygens (including phenoxy) is 1. The first-order chi connectivity index (χ1) is 14.2. The van der Waals surface area contributed by atoms with Crippen LogP contribution >= 0.6 is 0 Å². The van der Waals surface area contributed by atoms with Gasteiger partial charge >= 0.3 is 0 Å². The molecule has 0 aliphatic carbocycles. The van der Waals surface area contributed by atoms with Crippen molar-refractivity contribution in [2.24, 2.45) is 0 Å². The van der Waals surface area contributed by atoms with E-state index in [1.165, 1.54) is 23.4 Å². The summed E-state index contributed by atoms with van der Waals surface area (Å²) in [4.78, 5) is 0. The Morgan fingerprint density at radius 3 is 2.83 bits per heavy atom. The molecule has 1 aromatic heterocycles. The third-order valence-corrected chi connectivity index (χ3v) is 5.35. The van der Waals surface area contributed by atoms with E-state index in [1.54, 1.807) is 6.92 Å². The smallest absolute Gasteiger partial charge is 0.167 e. The number of benzene rings is 2. The molecule has 4 rings (SSSR count). The number of rotatable bonds is 6. The molecule has 152 valence electrons. The predicted octanol–water partition coefficient (Wildman–Crippen LogP) is 2.70. The molecule has 1 aliphatic rings. The number of tetrazole rings is 1. The Hall–Kier alpha value is -2.84. The second-order valence-corrected chi connectivity index (χ2v) is 7.23. The molecule has 1 fully saturated rings. The van der Waals surface area contributed by atoms with E-state index in [0.717, 1.165) is 24.9 Å². The average Bonchev–Trinajstić information content (AvgIpc) is 3.18. The molecule has 1 saturated heterocycles. The van der Waals surface area contributed by atoms with E-state index in [4.69, 9.17) is 4.74 Å².